The standard InChI is InChI=1S/C20H27N3O3S/c1-12-5-7-13(8-6-12)23-17-14(19(26)22-9-3-2-4-10-22)11-15(24)18(25)16(17)21-20(23)27/h5-8,14-18,24-25H,2-4,9-11H2,1H3,(H,21,27)/t14-,15-,16-,17+,18+/m1/s1. The first kappa shape index (κ1) is 18.7. The number of carbonyl (C=O) groups excluding carboxylic acids is 1. The van der Waals surface area contributed by atoms with E-state index >= 15 is 0 Å². The second kappa shape index (κ2) is 7.37. The van der Waals surface area contributed by atoms with Crippen molar-refractivity contribution >= 4 is 28.9 Å². The lowest BCUT2D eigenvalue weighted by Gasteiger charge is -2.43. The predicted octanol–water partition coefficient (Wildman–Crippen LogP) is 1.18. The predicted molar refractivity (Wildman–Crippen MR) is 108 cm³/mol. The van der Waals surface area contributed by atoms with Crippen LogP contribution in [-0.4, -0.2) is 63.5 Å². The van der Waals surface area contributed by atoms with Gasteiger partial charge in [-0.15, -0.1) is 0 Å². The summed E-state index contributed by atoms with van der Waals surface area (Å²) in [6.45, 7) is 3.57. The van der Waals surface area contributed by atoms with E-state index in [2.05, 4.69) is 5.32 Å². The Labute approximate surface area is 165 Å². The molecule has 1 aromatic carbocycles. The van der Waals surface area contributed by atoms with Crippen LogP contribution in [0.2, 0.25) is 0 Å². The Morgan fingerprint density at radius 2 is 1.81 bits per heavy atom. The molecule has 27 heavy (non-hydrogen) atoms. The molecule has 0 unspecified atom stereocenters. The van der Waals surface area contributed by atoms with Crippen LogP contribution in [0.4, 0.5) is 5.69 Å². The highest BCUT2D eigenvalue weighted by atomic mass is 32.1. The molecule has 2 saturated heterocycles. The molecule has 1 amide bonds. The monoisotopic (exact) mass is 389 g/mol. The molecule has 0 spiro atoms. The number of benzene rings is 1. The number of piperidine rings is 1. The summed E-state index contributed by atoms with van der Waals surface area (Å²) in [4.78, 5) is 17.2. The Balaban J connectivity index is 1.68. The molecule has 7 heteroatoms. The number of aliphatic hydroxyl groups is 2. The highest BCUT2D eigenvalue weighted by molar-refractivity contribution is 7.80. The first-order valence-corrected chi connectivity index (χ1v) is 10.2. The SMILES string of the molecule is Cc1ccc(N2C(=S)N[C@H]3[C@@H](O)[C@H](O)C[C@@H](C(=O)N4CCCCC4)[C@@H]32)cc1. The zero-order valence-corrected chi connectivity index (χ0v) is 16.4. The van der Waals surface area contributed by atoms with Gasteiger partial charge < -0.3 is 25.3 Å². The molecule has 1 aliphatic carbocycles. The van der Waals surface area contributed by atoms with Crippen molar-refractivity contribution in [1.29, 1.82) is 0 Å². The fourth-order valence-corrected chi connectivity index (χ4v) is 5.04. The largest absolute Gasteiger partial charge is 0.390 e. The fraction of sp³-hybridized carbons (Fsp3) is 0.600. The summed E-state index contributed by atoms with van der Waals surface area (Å²) in [6.07, 6.45) is 1.58. The van der Waals surface area contributed by atoms with Crippen molar-refractivity contribution in [3.8, 4) is 0 Å². The summed E-state index contributed by atoms with van der Waals surface area (Å²) >= 11 is 5.55. The number of aryl methyl sites for hydroxylation is 1. The molecule has 4 rings (SSSR count). The van der Waals surface area contributed by atoms with Crippen molar-refractivity contribution in [2.24, 2.45) is 5.92 Å². The molecule has 3 aliphatic rings. The zero-order chi connectivity index (χ0) is 19.1. The van der Waals surface area contributed by atoms with Crippen LogP contribution in [0, 0.1) is 12.8 Å². The Hall–Kier alpha value is -1.70. The minimum Gasteiger partial charge on any atom is -0.390 e. The minimum atomic E-state index is -0.950. The molecular weight excluding hydrogens is 362 g/mol. The van der Waals surface area contributed by atoms with Crippen molar-refractivity contribution < 1.29 is 15.0 Å². The summed E-state index contributed by atoms with van der Waals surface area (Å²) in [5.74, 6) is -0.333. The number of hydrogen-bond donors (Lipinski definition) is 3. The lowest BCUT2D eigenvalue weighted by Crippen LogP contribution is -2.61. The third kappa shape index (κ3) is 3.32. The van der Waals surface area contributed by atoms with Crippen LogP contribution in [0.5, 0.6) is 0 Å². The number of rotatable bonds is 2. The lowest BCUT2D eigenvalue weighted by molar-refractivity contribution is -0.142. The molecule has 0 radical (unpaired) electrons. The van der Waals surface area contributed by atoms with Crippen molar-refractivity contribution in [2.75, 3.05) is 18.0 Å². The van der Waals surface area contributed by atoms with E-state index in [0.717, 1.165) is 43.6 Å². The van der Waals surface area contributed by atoms with Gasteiger partial charge in [0.2, 0.25) is 5.91 Å². The van der Waals surface area contributed by atoms with Crippen LogP contribution >= 0.6 is 12.2 Å². The quantitative estimate of drug-likeness (QED) is 0.660. The third-order valence-corrected chi connectivity index (χ3v) is 6.46. The Morgan fingerprint density at radius 3 is 2.48 bits per heavy atom. The molecule has 0 aromatic heterocycles. The number of amides is 1. The molecule has 3 N–H and O–H groups in total. The summed E-state index contributed by atoms with van der Waals surface area (Å²) in [7, 11) is 0. The van der Waals surface area contributed by atoms with Gasteiger partial charge in [-0.05, 0) is 57.0 Å². The van der Waals surface area contributed by atoms with Crippen molar-refractivity contribution in [2.45, 2.75) is 56.9 Å². The van der Waals surface area contributed by atoms with Gasteiger partial charge in [-0.3, -0.25) is 4.79 Å². The topological polar surface area (TPSA) is 76.0 Å². The minimum absolute atomic E-state index is 0.0688. The van der Waals surface area contributed by atoms with Crippen LogP contribution in [0.3, 0.4) is 0 Å². The molecule has 1 saturated carbocycles. The second-order valence-electron chi connectivity index (χ2n) is 7.96. The summed E-state index contributed by atoms with van der Waals surface area (Å²) in [6, 6.07) is 7.26. The second-order valence-corrected chi connectivity index (χ2v) is 8.34. The Morgan fingerprint density at radius 1 is 1.15 bits per heavy atom. The molecule has 5 atom stereocenters. The number of carbonyl (C=O) groups is 1. The van der Waals surface area contributed by atoms with E-state index in [1.165, 1.54) is 0 Å². The fourth-order valence-electron chi connectivity index (χ4n) is 4.68. The number of anilines is 1. The number of nitrogens with zero attached hydrogens (tertiary/aromatic N) is 2. The average molecular weight is 390 g/mol. The van der Waals surface area contributed by atoms with Crippen molar-refractivity contribution in [3.05, 3.63) is 29.8 Å². The van der Waals surface area contributed by atoms with Crippen LogP contribution in [-0.2, 0) is 4.79 Å². The van der Waals surface area contributed by atoms with E-state index < -0.39 is 24.2 Å². The van der Waals surface area contributed by atoms with Gasteiger partial charge in [-0.1, -0.05) is 17.7 Å². The first-order chi connectivity index (χ1) is 13.0. The number of thiocarbonyl (C=S) groups is 1. The molecule has 2 heterocycles. The Kier molecular flexibility index (Phi) is 5.09. The van der Waals surface area contributed by atoms with Crippen molar-refractivity contribution in [1.82, 2.24) is 10.2 Å². The van der Waals surface area contributed by atoms with Gasteiger partial charge >= 0.3 is 0 Å². The van der Waals surface area contributed by atoms with Crippen molar-refractivity contribution in [3.63, 3.8) is 0 Å². The average Bonchev–Trinajstić information content (AvgIpc) is 3.03. The van der Waals surface area contributed by atoms with Crippen LogP contribution < -0.4 is 10.2 Å². The van der Waals surface area contributed by atoms with E-state index in [4.69, 9.17) is 12.2 Å². The van der Waals surface area contributed by atoms with Crippen LogP contribution in [0.15, 0.2) is 24.3 Å². The highest BCUT2D eigenvalue weighted by Crippen LogP contribution is 2.37. The van der Waals surface area contributed by atoms with E-state index in [0.29, 0.717) is 5.11 Å². The smallest absolute Gasteiger partial charge is 0.227 e. The summed E-state index contributed by atoms with van der Waals surface area (Å²) in [5.41, 5.74) is 2.05. The third-order valence-electron chi connectivity index (χ3n) is 6.14. The maximum absolute atomic E-state index is 13.3. The summed E-state index contributed by atoms with van der Waals surface area (Å²) in [5, 5.41) is 24.6. The zero-order valence-electron chi connectivity index (χ0n) is 15.5. The first-order valence-electron chi connectivity index (χ1n) is 9.78. The molecule has 6 nitrogen and oxygen atoms in total. The van der Waals surface area contributed by atoms with Gasteiger partial charge in [-0.2, -0.15) is 0 Å². The van der Waals surface area contributed by atoms with Crippen LogP contribution in [0.1, 0.15) is 31.2 Å². The van der Waals surface area contributed by atoms with E-state index in [9.17, 15) is 15.0 Å². The normalized spacial score (nSPS) is 33.6. The Bertz CT molecular complexity index is 720. The van der Waals surface area contributed by atoms with Gasteiger partial charge in [0.1, 0.15) is 6.10 Å². The number of fused-ring (bicyclic) bond motifs is 1. The van der Waals surface area contributed by atoms with Gasteiger partial charge in [0.05, 0.1) is 24.1 Å². The maximum atomic E-state index is 13.3. The van der Waals surface area contributed by atoms with Gasteiger partial charge in [-0.25, -0.2) is 0 Å². The summed E-state index contributed by atoms with van der Waals surface area (Å²) < 4.78 is 0. The number of aliphatic hydroxyl groups excluding tert-OH is 2. The molecular formula is C20H27N3O3S. The number of hydrogen-bond acceptors (Lipinski definition) is 4. The lowest BCUT2D eigenvalue weighted by atomic mass is 9.76. The van der Waals surface area contributed by atoms with E-state index in [1.807, 2.05) is 41.0 Å². The molecule has 3 fully saturated rings. The molecule has 146 valence electrons. The van der Waals surface area contributed by atoms with Gasteiger partial charge in [0.25, 0.3) is 0 Å². The maximum Gasteiger partial charge on any atom is 0.227 e. The molecule has 0 bridgehead atoms. The van der Waals surface area contributed by atoms with Gasteiger partial charge in [0.15, 0.2) is 5.11 Å². The molecule has 2 aliphatic heterocycles. The van der Waals surface area contributed by atoms with Crippen LogP contribution in [0.25, 0.3) is 0 Å². The molecule has 1 aromatic rings. The highest BCUT2D eigenvalue weighted by Gasteiger charge is 2.54. The number of nitrogens with one attached hydrogen (secondary N) is 1. The number of likely N-dealkylation sites (tertiary alicyclic amines) is 1. The van der Waals surface area contributed by atoms with Gasteiger partial charge in [0, 0.05) is 18.8 Å². The van der Waals surface area contributed by atoms with E-state index in [-0.39, 0.29) is 18.4 Å². The van der Waals surface area contributed by atoms with E-state index in [1.54, 1.807) is 0 Å².